The van der Waals surface area contributed by atoms with Crippen LogP contribution < -0.4 is 10.6 Å². The zero-order valence-electron chi connectivity index (χ0n) is 10.2. The van der Waals surface area contributed by atoms with E-state index < -0.39 is 18.0 Å². The van der Waals surface area contributed by atoms with Gasteiger partial charge in [-0.2, -0.15) is 0 Å². The molecule has 0 fully saturated rings. The van der Waals surface area contributed by atoms with Crippen molar-refractivity contribution >= 4 is 12.0 Å². The van der Waals surface area contributed by atoms with Crippen LogP contribution in [0.5, 0.6) is 0 Å². The number of hydrogen-bond acceptors (Lipinski definition) is 2. The van der Waals surface area contributed by atoms with Gasteiger partial charge in [0.05, 0.1) is 0 Å². The molecule has 0 aromatic rings. The number of carboxylic acid groups (broad SMARTS) is 1. The van der Waals surface area contributed by atoms with E-state index in [2.05, 4.69) is 17.6 Å². The lowest BCUT2D eigenvalue weighted by molar-refractivity contribution is -0.138. The van der Waals surface area contributed by atoms with Gasteiger partial charge in [-0.3, -0.25) is 4.79 Å². The van der Waals surface area contributed by atoms with Gasteiger partial charge >= 0.3 is 12.0 Å². The minimum Gasteiger partial charge on any atom is -0.480 e. The van der Waals surface area contributed by atoms with Gasteiger partial charge in [0, 0.05) is 6.04 Å². The van der Waals surface area contributed by atoms with Crippen LogP contribution in [0.25, 0.3) is 0 Å². The summed E-state index contributed by atoms with van der Waals surface area (Å²) in [6.45, 7) is 5.48. The number of urea groups is 1. The van der Waals surface area contributed by atoms with Gasteiger partial charge < -0.3 is 15.7 Å². The van der Waals surface area contributed by atoms with Gasteiger partial charge in [0.25, 0.3) is 0 Å². The molecule has 3 N–H and O–H groups in total. The van der Waals surface area contributed by atoms with Gasteiger partial charge in [0.1, 0.15) is 6.04 Å². The van der Waals surface area contributed by atoms with E-state index >= 15 is 0 Å². The molecule has 0 aliphatic heterocycles. The average Bonchev–Trinajstić information content (AvgIpc) is 2.17. The zero-order valence-corrected chi connectivity index (χ0v) is 10.2. The molecule has 16 heavy (non-hydrogen) atoms. The molecule has 0 aromatic carbocycles. The minimum atomic E-state index is -1.03. The molecule has 5 heteroatoms. The second-order valence-electron chi connectivity index (χ2n) is 4.07. The third kappa shape index (κ3) is 7.09. The maximum atomic E-state index is 11.3. The summed E-state index contributed by atoms with van der Waals surface area (Å²) >= 11 is 0. The largest absolute Gasteiger partial charge is 0.480 e. The molecule has 0 bridgehead atoms. The predicted octanol–water partition coefficient (Wildman–Crippen LogP) is 1.73. The van der Waals surface area contributed by atoms with Crippen molar-refractivity contribution in [2.45, 2.75) is 58.5 Å². The highest BCUT2D eigenvalue weighted by Gasteiger charge is 2.14. The lowest BCUT2D eigenvalue weighted by atomic mass is 10.1. The van der Waals surface area contributed by atoms with Crippen LogP contribution in [0.4, 0.5) is 4.79 Å². The molecule has 2 unspecified atom stereocenters. The Kier molecular flexibility index (Phi) is 7.33. The summed E-state index contributed by atoms with van der Waals surface area (Å²) in [6.07, 6.45) is 4.29. The molecule has 0 saturated carbocycles. The monoisotopic (exact) mass is 230 g/mol. The summed E-state index contributed by atoms with van der Waals surface area (Å²) in [6, 6.07) is -1.20. The predicted molar refractivity (Wildman–Crippen MR) is 62.4 cm³/mol. The standard InChI is InChI=1S/C11H22N2O3/c1-4-5-6-7-8(2)12-11(16)13-9(3)10(14)15/h8-9H,4-7H2,1-3H3,(H,14,15)(H2,12,13,16). The number of carbonyl (C=O) groups excluding carboxylic acids is 1. The molecule has 2 atom stereocenters. The molecule has 2 amide bonds. The van der Waals surface area contributed by atoms with Crippen molar-refractivity contribution in [3.63, 3.8) is 0 Å². The molecular formula is C11H22N2O3. The Balaban J connectivity index is 3.73. The van der Waals surface area contributed by atoms with E-state index in [9.17, 15) is 9.59 Å². The first-order chi connectivity index (χ1) is 7.47. The molecule has 94 valence electrons. The van der Waals surface area contributed by atoms with Crippen LogP contribution in [0, 0.1) is 0 Å². The van der Waals surface area contributed by atoms with Crippen LogP contribution in [-0.4, -0.2) is 29.2 Å². The van der Waals surface area contributed by atoms with Gasteiger partial charge in [-0.25, -0.2) is 4.79 Å². The van der Waals surface area contributed by atoms with E-state index in [4.69, 9.17) is 5.11 Å². The van der Waals surface area contributed by atoms with Crippen molar-refractivity contribution in [3.05, 3.63) is 0 Å². The normalized spacial score (nSPS) is 13.9. The Morgan fingerprint density at radius 2 is 1.81 bits per heavy atom. The molecule has 0 aliphatic carbocycles. The zero-order chi connectivity index (χ0) is 12.6. The van der Waals surface area contributed by atoms with Crippen LogP contribution in [0.1, 0.15) is 46.5 Å². The van der Waals surface area contributed by atoms with Gasteiger partial charge in [-0.15, -0.1) is 0 Å². The Morgan fingerprint density at radius 3 is 2.31 bits per heavy atom. The first-order valence-corrected chi connectivity index (χ1v) is 5.77. The number of unbranched alkanes of at least 4 members (excludes halogenated alkanes) is 2. The van der Waals surface area contributed by atoms with Crippen LogP contribution >= 0.6 is 0 Å². The van der Waals surface area contributed by atoms with Crippen molar-refractivity contribution in [3.8, 4) is 0 Å². The number of aliphatic carboxylic acids is 1. The highest BCUT2D eigenvalue weighted by atomic mass is 16.4. The summed E-state index contributed by atoms with van der Waals surface area (Å²) in [5, 5.41) is 13.7. The molecular weight excluding hydrogens is 208 g/mol. The summed E-state index contributed by atoms with van der Waals surface area (Å²) in [5.74, 6) is -1.03. The second kappa shape index (κ2) is 7.96. The van der Waals surface area contributed by atoms with Crippen molar-refractivity contribution in [2.24, 2.45) is 0 Å². The molecule has 0 saturated heterocycles. The van der Waals surface area contributed by atoms with Gasteiger partial charge in [-0.05, 0) is 20.3 Å². The SMILES string of the molecule is CCCCCC(C)NC(=O)NC(C)C(=O)O. The van der Waals surface area contributed by atoms with Crippen molar-refractivity contribution < 1.29 is 14.7 Å². The lowest BCUT2D eigenvalue weighted by Gasteiger charge is -2.16. The maximum Gasteiger partial charge on any atom is 0.325 e. The van der Waals surface area contributed by atoms with Crippen molar-refractivity contribution in [1.29, 1.82) is 0 Å². The second-order valence-corrected chi connectivity index (χ2v) is 4.07. The number of hydrogen-bond donors (Lipinski definition) is 3. The molecule has 0 heterocycles. The van der Waals surface area contributed by atoms with Gasteiger partial charge in [0.2, 0.25) is 0 Å². The Bertz CT molecular complexity index is 231. The molecule has 0 aromatic heterocycles. The summed E-state index contributed by atoms with van der Waals surface area (Å²) in [4.78, 5) is 21.8. The molecule has 0 rings (SSSR count). The number of rotatable bonds is 7. The highest BCUT2D eigenvalue weighted by molar-refractivity contribution is 5.82. The van der Waals surface area contributed by atoms with Crippen molar-refractivity contribution in [1.82, 2.24) is 10.6 Å². The fourth-order valence-corrected chi connectivity index (χ4v) is 1.30. The van der Waals surface area contributed by atoms with E-state index in [1.54, 1.807) is 0 Å². The van der Waals surface area contributed by atoms with E-state index in [1.807, 2.05) is 6.92 Å². The Morgan fingerprint density at radius 1 is 1.19 bits per heavy atom. The summed E-state index contributed by atoms with van der Waals surface area (Å²) < 4.78 is 0. The smallest absolute Gasteiger partial charge is 0.325 e. The fourth-order valence-electron chi connectivity index (χ4n) is 1.30. The molecule has 0 radical (unpaired) electrons. The van der Waals surface area contributed by atoms with Crippen molar-refractivity contribution in [2.75, 3.05) is 0 Å². The lowest BCUT2D eigenvalue weighted by Crippen LogP contribution is -2.47. The highest BCUT2D eigenvalue weighted by Crippen LogP contribution is 2.02. The van der Waals surface area contributed by atoms with E-state index in [0.717, 1.165) is 25.7 Å². The molecule has 0 aliphatic rings. The first-order valence-electron chi connectivity index (χ1n) is 5.77. The van der Waals surface area contributed by atoms with Crippen LogP contribution in [0.15, 0.2) is 0 Å². The number of nitrogens with one attached hydrogen (secondary N) is 2. The Hall–Kier alpha value is -1.26. The first kappa shape index (κ1) is 14.7. The number of carbonyl (C=O) groups is 2. The summed E-state index contributed by atoms with van der Waals surface area (Å²) in [7, 11) is 0. The number of amides is 2. The Labute approximate surface area is 96.6 Å². The third-order valence-electron chi connectivity index (χ3n) is 2.34. The van der Waals surface area contributed by atoms with Crippen LogP contribution in [0.3, 0.4) is 0 Å². The fraction of sp³-hybridized carbons (Fsp3) is 0.818. The quantitative estimate of drug-likeness (QED) is 0.583. The van der Waals surface area contributed by atoms with Crippen LogP contribution in [-0.2, 0) is 4.79 Å². The van der Waals surface area contributed by atoms with E-state index in [-0.39, 0.29) is 6.04 Å². The average molecular weight is 230 g/mol. The van der Waals surface area contributed by atoms with Crippen LogP contribution in [0.2, 0.25) is 0 Å². The van der Waals surface area contributed by atoms with E-state index in [0.29, 0.717) is 0 Å². The topological polar surface area (TPSA) is 78.4 Å². The van der Waals surface area contributed by atoms with Gasteiger partial charge in [0.15, 0.2) is 0 Å². The number of carboxylic acids is 1. The summed E-state index contributed by atoms with van der Waals surface area (Å²) in [5.41, 5.74) is 0. The molecule has 5 nitrogen and oxygen atoms in total. The minimum absolute atomic E-state index is 0.0764. The van der Waals surface area contributed by atoms with Gasteiger partial charge in [-0.1, -0.05) is 26.2 Å². The van der Waals surface area contributed by atoms with E-state index in [1.165, 1.54) is 6.92 Å². The maximum absolute atomic E-state index is 11.3. The third-order valence-corrected chi connectivity index (χ3v) is 2.34. The molecule has 0 spiro atoms.